The van der Waals surface area contributed by atoms with E-state index in [0.29, 0.717) is 6.42 Å². The normalized spacial score (nSPS) is 38.9. The molecule has 0 aromatic carbocycles. The molecule has 0 amide bonds. The maximum Gasteiger partial charge on any atom is 0.119 e. The lowest BCUT2D eigenvalue weighted by atomic mass is 9.79. The molecule has 5 heteroatoms. The molecule has 1 heterocycles. The van der Waals surface area contributed by atoms with E-state index in [-0.39, 0.29) is 30.4 Å². The van der Waals surface area contributed by atoms with E-state index in [2.05, 4.69) is 0 Å². The minimum atomic E-state index is -0.610. The average Bonchev–Trinajstić information content (AvgIpc) is 2.26. The van der Waals surface area contributed by atoms with Gasteiger partial charge < -0.3 is 18.9 Å². The van der Waals surface area contributed by atoms with Crippen molar-refractivity contribution in [3.8, 4) is 0 Å². The summed E-state index contributed by atoms with van der Waals surface area (Å²) in [5, 5.41) is 0. The molecule has 0 N–H and O–H groups in total. The second-order valence-electron chi connectivity index (χ2n) is 5.33. The van der Waals surface area contributed by atoms with Crippen molar-refractivity contribution in [1.82, 2.24) is 0 Å². The highest BCUT2D eigenvalue weighted by Crippen LogP contribution is 2.36. The van der Waals surface area contributed by atoms with Crippen LogP contribution in [0.5, 0.6) is 0 Å². The van der Waals surface area contributed by atoms with Crippen molar-refractivity contribution in [3.05, 3.63) is 0 Å². The first-order chi connectivity index (χ1) is 8.35. The quantitative estimate of drug-likeness (QED) is 0.698. The molecule has 0 saturated carbocycles. The van der Waals surface area contributed by atoms with Gasteiger partial charge in [-0.15, -0.1) is 0 Å². The van der Waals surface area contributed by atoms with Crippen LogP contribution in [-0.2, 0) is 18.9 Å². The largest absolute Gasteiger partial charge is 0.379 e. The lowest BCUT2D eigenvalue weighted by Gasteiger charge is -2.50. The van der Waals surface area contributed by atoms with E-state index < -0.39 is 5.60 Å². The summed E-state index contributed by atoms with van der Waals surface area (Å²) in [7, 11) is 9.30. The smallest absolute Gasteiger partial charge is 0.119 e. The summed E-state index contributed by atoms with van der Waals surface area (Å²) in [6.07, 6.45) is 0.339. The fourth-order valence-corrected chi connectivity index (χ4v) is 2.59. The molecule has 104 valence electrons. The van der Waals surface area contributed by atoms with Crippen LogP contribution in [0.4, 0.5) is 0 Å². The van der Waals surface area contributed by atoms with Crippen molar-refractivity contribution >= 4 is 7.85 Å². The van der Waals surface area contributed by atoms with Crippen LogP contribution in [0.25, 0.3) is 0 Å². The van der Waals surface area contributed by atoms with E-state index in [1.807, 2.05) is 27.7 Å². The third-order valence-corrected chi connectivity index (χ3v) is 3.63. The van der Waals surface area contributed by atoms with Crippen LogP contribution in [0.1, 0.15) is 34.1 Å². The van der Waals surface area contributed by atoms with Gasteiger partial charge in [-0.05, 0) is 34.1 Å². The Bertz CT molecular complexity index is 259. The molecular weight excluding hydrogens is 231 g/mol. The third-order valence-electron chi connectivity index (χ3n) is 3.63. The lowest BCUT2D eigenvalue weighted by Crippen LogP contribution is -2.63. The predicted octanol–water partition coefficient (Wildman–Crippen LogP) is 1.50. The van der Waals surface area contributed by atoms with Gasteiger partial charge in [0.25, 0.3) is 0 Å². The van der Waals surface area contributed by atoms with Crippen molar-refractivity contribution in [2.75, 3.05) is 14.2 Å². The molecule has 1 rings (SSSR count). The van der Waals surface area contributed by atoms with Crippen LogP contribution in [-0.4, -0.2) is 58.1 Å². The van der Waals surface area contributed by atoms with Crippen molar-refractivity contribution in [2.24, 2.45) is 0 Å². The molecule has 0 aromatic heterocycles. The molecule has 1 saturated heterocycles. The summed E-state index contributed by atoms with van der Waals surface area (Å²) >= 11 is 0. The topological polar surface area (TPSA) is 36.9 Å². The van der Waals surface area contributed by atoms with Gasteiger partial charge in [-0.2, -0.15) is 0 Å². The minimum absolute atomic E-state index is 0.0821. The Labute approximate surface area is 112 Å². The predicted molar refractivity (Wildman–Crippen MR) is 70.9 cm³/mol. The van der Waals surface area contributed by atoms with Gasteiger partial charge in [0, 0.05) is 20.2 Å². The zero-order valence-electron chi connectivity index (χ0n) is 12.3. The highest BCUT2D eigenvalue weighted by Gasteiger charge is 2.50. The molecule has 18 heavy (non-hydrogen) atoms. The second-order valence-corrected chi connectivity index (χ2v) is 5.33. The van der Waals surface area contributed by atoms with Crippen LogP contribution < -0.4 is 0 Å². The molecule has 0 aliphatic carbocycles. The van der Waals surface area contributed by atoms with E-state index in [9.17, 15) is 0 Å². The van der Waals surface area contributed by atoms with E-state index >= 15 is 0 Å². The minimum Gasteiger partial charge on any atom is -0.379 e. The highest BCUT2D eigenvalue weighted by molar-refractivity contribution is 6.11. The molecule has 1 fully saturated rings. The van der Waals surface area contributed by atoms with Gasteiger partial charge in [-0.25, -0.2) is 0 Å². The Morgan fingerprint density at radius 1 is 1.28 bits per heavy atom. The van der Waals surface area contributed by atoms with Crippen LogP contribution in [0.15, 0.2) is 0 Å². The molecular formula is C13H25BO4. The highest BCUT2D eigenvalue weighted by atomic mass is 16.6. The molecule has 2 unspecified atom stereocenters. The standard InChI is InChI=1S/C13H25BO4/c1-8(2)17-10-7-11(14)18-13(4,9(3)15-5)12(10)16-6/h8-12H,7H2,1-6H3/t9?,10?,11-,12+,13-/m1/s1. The number of ether oxygens (including phenoxy) is 4. The Morgan fingerprint density at radius 2 is 1.89 bits per heavy atom. The van der Waals surface area contributed by atoms with Crippen LogP contribution in [0, 0.1) is 0 Å². The molecule has 0 spiro atoms. The van der Waals surface area contributed by atoms with Crippen molar-refractivity contribution < 1.29 is 18.9 Å². The first kappa shape index (κ1) is 16.0. The van der Waals surface area contributed by atoms with Gasteiger partial charge >= 0.3 is 0 Å². The van der Waals surface area contributed by atoms with Crippen LogP contribution in [0.2, 0.25) is 0 Å². The van der Waals surface area contributed by atoms with Gasteiger partial charge in [0.05, 0.1) is 18.3 Å². The first-order valence-corrected chi connectivity index (χ1v) is 6.49. The SMILES string of the molecule is [B][C@H]1CC(OC(C)C)[C@H](OC)[C@@](C)(C(C)OC)O1. The van der Waals surface area contributed by atoms with Gasteiger partial charge in [0.2, 0.25) is 0 Å². The zero-order chi connectivity index (χ0) is 13.9. The van der Waals surface area contributed by atoms with Gasteiger partial charge in [-0.3, -0.25) is 0 Å². The summed E-state index contributed by atoms with van der Waals surface area (Å²) in [5.41, 5.74) is -0.610. The summed E-state index contributed by atoms with van der Waals surface area (Å²) in [4.78, 5) is 0. The van der Waals surface area contributed by atoms with Crippen molar-refractivity contribution in [2.45, 2.75) is 70.1 Å². The number of rotatable bonds is 5. The lowest BCUT2D eigenvalue weighted by molar-refractivity contribution is -0.258. The fraction of sp³-hybridized carbons (Fsp3) is 1.00. The second kappa shape index (κ2) is 6.37. The summed E-state index contributed by atoms with van der Waals surface area (Å²) in [6, 6.07) is -0.359. The van der Waals surface area contributed by atoms with Gasteiger partial charge in [0.1, 0.15) is 19.6 Å². The Hall–Kier alpha value is -0.0951. The monoisotopic (exact) mass is 256 g/mol. The molecule has 2 radical (unpaired) electrons. The van der Waals surface area contributed by atoms with Crippen LogP contribution in [0.3, 0.4) is 0 Å². The van der Waals surface area contributed by atoms with Crippen molar-refractivity contribution in [3.63, 3.8) is 0 Å². The Balaban J connectivity index is 2.94. The number of hydrogen-bond donors (Lipinski definition) is 0. The zero-order valence-corrected chi connectivity index (χ0v) is 12.3. The Morgan fingerprint density at radius 3 is 2.33 bits per heavy atom. The first-order valence-electron chi connectivity index (χ1n) is 6.49. The van der Waals surface area contributed by atoms with E-state index in [1.165, 1.54) is 0 Å². The maximum absolute atomic E-state index is 5.97. The van der Waals surface area contributed by atoms with Gasteiger partial charge in [0.15, 0.2) is 0 Å². The number of hydrogen-bond acceptors (Lipinski definition) is 4. The molecule has 5 atom stereocenters. The fourth-order valence-electron chi connectivity index (χ4n) is 2.59. The average molecular weight is 256 g/mol. The van der Waals surface area contributed by atoms with E-state index in [1.54, 1.807) is 14.2 Å². The molecule has 0 aromatic rings. The summed E-state index contributed by atoms with van der Waals surface area (Å²) < 4.78 is 22.8. The summed E-state index contributed by atoms with van der Waals surface area (Å²) in [5.74, 6) is 0. The third kappa shape index (κ3) is 3.26. The van der Waals surface area contributed by atoms with Crippen molar-refractivity contribution in [1.29, 1.82) is 0 Å². The molecule has 1 aliphatic rings. The van der Waals surface area contributed by atoms with Crippen LogP contribution >= 0.6 is 0 Å². The van der Waals surface area contributed by atoms with E-state index in [4.69, 9.17) is 26.8 Å². The molecule has 1 aliphatic heterocycles. The molecule has 4 nitrogen and oxygen atoms in total. The maximum atomic E-state index is 5.97. The Kier molecular flexibility index (Phi) is 5.65. The molecule has 0 bridgehead atoms. The van der Waals surface area contributed by atoms with Gasteiger partial charge in [-0.1, -0.05) is 0 Å². The summed E-state index contributed by atoms with van der Waals surface area (Å²) in [6.45, 7) is 7.93. The van der Waals surface area contributed by atoms with E-state index in [0.717, 1.165) is 0 Å². The number of methoxy groups -OCH3 is 2.